The van der Waals surface area contributed by atoms with Crippen LogP contribution in [0, 0.1) is 5.92 Å². The number of amides is 2. The molecule has 1 N–H and O–H groups in total. The Bertz CT molecular complexity index is 1230. The van der Waals surface area contributed by atoms with E-state index in [9.17, 15) is 14.4 Å². The van der Waals surface area contributed by atoms with Crippen LogP contribution in [0.2, 0.25) is 0 Å². The highest BCUT2D eigenvalue weighted by molar-refractivity contribution is 6.04. The van der Waals surface area contributed by atoms with Crippen molar-refractivity contribution in [2.45, 2.75) is 138 Å². The number of unbranched alkanes of at least 4 members (excludes halogenated alkanes) is 1. The van der Waals surface area contributed by atoms with Crippen molar-refractivity contribution in [2.24, 2.45) is 10.9 Å². The molecule has 1 heterocycles. The molecule has 1 aliphatic carbocycles. The largest absolute Gasteiger partial charge is 0.443 e. The fourth-order valence-corrected chi connectivity index (χ4v) is 5.69. The van der Waals surface area contributed by atoms with E-state index < -0.39 is 17.2 Å². The summed E-state index contributed by atoms with van der Waals surface area (Å²) in [5.74, 6) is -0.464. The van der Waals surface area contributed by atoms with Crippen molar-refractivity contribution in [1.29, 1.82) is 0 Å². The zero-order valence-corrected chi connectivity index (χ0v) is 28.2. The summed E-state index contributed by atoms with van der Waals surface area (Å²) in [5.41, 5.74) is 2.16. The van der Waals surface area contributed by atoms with Crippen LogP contribution in [0.5, 0.6) is 0 Å². The molecule has 0 aromatic carbocycles. The molecule has 1 aliphatic rings. The highest BCUT2D eigenvalue weighted by Gasteiger charge is 2.49. The third-order valence-corrected chi connectivity index (χ3v) is 8.42. The number of hydrogen-bond donors (Lipinski definition) is 1. The number of carbonyl (C=O) groups is 3. The van der Waals surface area contributed by atoms with Crippen LogP contribution < -0.4 is 5.32 Å². The molecule has 0 aliphatic heterocycles. The number of imide groups is 1. The van der Waals surface area contributed by atoms with Gasteiger partial charge in [0, 0.05) is 24.9 Å². The minimum Gasteiger partial charge on any atom is -0.443 e. The first-order valence-electron chi connectivity index (χ1n) is 15.9. The van der Waals surface area contributed by atoms with Gasteiger partial charge in [0.15, 0.2) is 5.78 Å². The van der Waals surface area contributed by atoms with Gasteiger partial charge in [0.05, 0.1) is 22.6 Å². The van der Waals surface area contributed by atoms with Crippen molar-refractivity contribution in [2.75, 3.05) is 5.32 Å². The minimum absolute atomic E-state index is 0.105. The van der Waals surface area contributed by atoms with Gasteiger partial charge < -0.3 is 10.1 Å². The Hall–Kier alpha value is -3.29. The third kappa shape index (κ3) is 9.35. The van der Waals surface area contributed by atoms with Crippen LogP contribution in [0.25, 0.3) is 0 Å². The van der Waals surface area contributed by atoms with Gasteiger partial charge in [-0.25, -0.2) is 9.69 Å². The highest BCUT2D eigenvalue weighted by atomic mass is 16.6. The van der Waals surface area contributed by atoms with E-state index in [2.05, 4.69) is 36.1 Å². The lowest BCUT2D eigenvalue weighted by Gasteiger charge is -2.49. The zero-order chi connectivity index (χ0) is 32.4. The second-order valence-electron chi connectivity index (χ2n) is 12.8. The van der Waals surface area contributed by atoms with Crippen LogP contribution in [-0.2, 0) is 20.7 Å². The maximum atomic E-state index is 14.3. The normalized spacial score (nSPS) is 16.8. The molecule has 0 spiro atoms. The number of aliphatic imine (C=N–C) groups is 1. The lowest BCUT2D eigenvalue weighted by Crippen LogP contribution is -2.60. The summed E-state index contributed by atoms with van der Waals surface area (Å²) in [4.78, 5) is 51.5. The number of rotatable bonds is 12. The first kappa shape index (κ1) is 35.9. The van der Waals surface area contributed by atoms with Crippen molar-refractivity contribution in [1.82, 2.24) is 9.88 Å². The lowest BCUT2D eigenvalue weighted by molar-refractivity contribution is -0.136. The Morgan fingerprint density at radius 1 is 1.14 bits per heavy atom. The quantitative estimate of drug-likeness (QED) is 0.147. The van der Waals surface area contributed by atoms with Crippen LogP contribution >= 0.6 is 0 Å². The summed E-state index contributed by atoms with van der Waals surface area (Å²) in [6.45, 7) is 18.6. The maximum Gasteiger partial charge on any atom is 0.417 e. The van der Waals surface area contributed by atoms with Gasteiger partial charge in [0.25, 0.3) is 5.91 Å². The number of pyridine rings is 1. The van der Waals surface area contributed by atoms with Crippen molar-refractivity contribution in [3.8, 4) is 0 Å². The molecule has 1 aromatic heterocycles. The number of allylic oxidation sites excluding steroid dienone is 3. The molecule has 0 saturated heterocycles. The van der Waals surface area contributed by atoms with Gasteiger partial charge in [-0.15, -0.1) is 0 Å². The smallest absolute Gasteiger partial charge is 0.417 e. The number of anilines is 1. The topological polar surface area (TPSA) is 101 Å². The van der Waals surface area contributed by atoms with E-state index in [1.807, 2.05) is 27.7 Å². The van der Waals surface area contributed by atoms with Crippen molar-refractivity contribution in [3.63, 3.8) is 0 Å². The maximum absolute atomic E-state index is 14.3. The molecule has 43 heavy (non-hydrogen) atoms. The summed E-state index contributed by atoms with van der Waals surface area (Å²) in [7, 11) is 0. The second-order valence-corrected chi connectivity index (χ2v) is 12.8. The van der Waals surface area contributed by atoms with Crippen LogP contribution in [0.1, 0.15) is 126 Å². The number of aromatic nitrogens is 1. The predicted octanol–water partition coefficient (Wildman–Crippen LogP) is 8.88. The molecular formula is C35H54N4O4. The molecule has 1 atom stereocenters. The second kappa shape index (κ2) is 16.0. The highest BCUT2D eigenvalue weighted by Crippen LogP contribution is 2.42. The minimum atomic E-state index is -0.752. The van der Waals surface area contributed by atoms with E-state index in [0.29, 0.717) is 28.2 Å². The molecule has 238 valence electrons. The van der Waals surface area contributed by atoms with Crippen LogP contribution in [0.15, 0.2) is 40.2 Å². The average Bonchev–Trinajstić information content (AvgIpc) is 2.95. The molecule has 0 radical (unpaired) electrons. The number of aryl methyl sites for hydroxylation is 1. The van der Waals surface area contributed by atoms with Gasteiger partial charge in [-0.2, -0.15) is 0 Å². The van der Waals surface area contributed by atoms with E-state index >= 15 is 0 Å². The van der Waals surface area contributed by atoms with Gasteiger partial charge in [0.2, 0.25) is 0 Å². The summed E-state index contributed by atoms with van der Waals surface area (Å²) in [6, 6.07) is 1.80. The molecule has 1 aromatic rings. The molecule has 0 bridgehead atoms. The number of nitrogens with one attached hydrogen (secondary N) is 1. The lowest BCUT2D eigenvalue weighted by atomic mass is 9.71. The Morgan fingerprint density at radius 2 is 1.79 bits per heavy atom. The monoisotopic (exact) mass is 594 g/mol. The van der Waals surface area contributed by atoms with E-state index in [4.69, 9.17) is 4.74 Å². The van der Waals surface area contributed by atoms with Crippen LogP contribution in [0.3, 0.4) is 0 Å². The number of carbonyl (C=O) groups excluding carboxylic acids is 3. The standard InChI is InChI=1S/C35H54N4O4/c1-11-14-18-28-31(36-13-3)29(19-22-37-28)38-30(27(7)40)23-24(4)26(6)32(41)39(33(42)43-34(8,9)10)35(25(5)12-2)20-16-15-17-21-35/h13,19,22-23,25H,11-12,14-18,20-21H2,1-10H3,(H,37,38)/b26-24+,30-23+,36-13-. The molecule has 1 saturated carbocycles. The summed E-state index contributed by atoms with van der Waals surface area (Å²) < 4.78 is 5.84. The van der Waals surface area contributed by atoms with Crippen LogP contribution in [0.4, 0.5) is 16.2 Å². The summed E-state index contributed by atoms with van der Waals surface area (Å²) in [6.07, 6.45) is 12.6. The first-order chi connectivity index (χ1) is 20.2. The van der Waals surface area contributed by atoms with E-state index in [1.165, 1.54) is 11.8 Å². The van der Waals surface area contributed by atoms with Gasteiger partial charge in [-0.05, 0) is 90.9 Å². The van der Waals surface area contributed by atoms with Gasteiger partial charge >= 0.3 is 6.09 Å². The summed E-state index contributed by atoms with van der Waals surface area (Å²) in [5, 5.41) is 3.26. The molecule has 8 nitrogen and oxygen atoms in total. The number of hydrogen-bond acceptors (Lipinski definition) is 7. The van der Waals surface area contributed by atoms with Gasteiger partial charge in [-0.3, -0.25) is 19.6 Å². The molecule has 1 unspecified atom stereocenters. The molecule has 8 heteroatoms. The fourth-order valence-electron chi connectivity index (χ4n) is 5.69. The van der Waals surface area contributed by atoms with Gasteiger partial charge in [0.1, 0.15) is 11.3 Å². The first-order valence-corrected chi connectivity index (χ1v) is 15.9. The van der Waals surface area contributed by atoms with E-state index in [-0.39, 0.29) is 17.6 Å². The fraction of sp³-hybridized carbons (Fsp3) is 0.629. The Labute approximate surface area is 259 Å². The number of Topliss-reactive ketones (excluding diaryl/α,β-unsaturated/α-hetero) is 1. The average molecular weight is 595 g/mol. The molecule has 2 amide bonds. The number of ether oxygens (including phenoxy) is 1. The van der Waals surface area contributed by atoms with Gasteiger partial charge in [-0.1, -0.05) is 52.9 Å². The SMILES string of the molecule is C/C=N\c1c(N/C(=C/C(C)=C(\C)C(=O)N(C(=O)OC(C)(C)C)C2(C(C)CC)CCCCC2)C(C)=O)ccnc1CCCC. The van der Waals surface area contributed by atoms with Crippen molar-refractivity contribution in [3.05, 3.63) is 40.9 Å². The molecular weight excluding hydrogens is 540 g/mol. The third-order valence-electron chi connectivity index (χ3n) is 8.42. The van der Waals surface area contributed by atoms with Crippen molar-refractivity contribution < 1.29 is 19.1 Å². The van der Waals surface area contributed by atoms with E-state index in [1.54, 1.807) is 38.4 Å². The summed E-state index contributed by atoms with van der Waals surface area (Å²) >= 11 is 0. The Balaban J connectivity index is 2.61. The Kier molecular flexibility index (Phi) is 13.3. The molecule has 1 fully saturated rings. The number of ketones is 1. The Morgan fingerprint density at radius 3 is 2.33 bits per heavy atom. The molecule has 2 rings (SSSR count). The van der Waals surface area contributed by atoms with Crippen LogP contribution in [-0.4, -0.2) is 45.0 Å². The number of nitrogens with zero attached hydrogens (tertiary/aromatic N) is 3. The van der Waals surface area contributed by atoms with Crippen molar-refractivity contribution >= 4 is 35.4 Å². The predicted molar refractivity (Wildman–Crippen MR) is 176 cm³/mol. The zero-order valence-electron chi connectivity index (χ0n) is 28.2. The van der Waals surface area contributed by atoms with E-state index in [0.717, 1.165) is 63.5 Å².